The van der Waals surface area contributed by atoms with Crippen LogP contribution in [-0.4, -0.2) is 33.7 Å². The van der Waals surface area contributed by atoms with Crippen molar-refractivity contribution in [3.05, 3.63) is 70.0 Å². The number of hydrogen-bond acceptors (Lipinski definition) is 5. The Balaban J connectivity index is 1.62. The van der Waals surface area contributed by atoms with Crippen LogP contribution in [0.5, 0.6) is 0 Å². The summed E-state index contributed by atoms with van der Waals surface area (Å²) in [5, 5.41) is 4.04. The quantitative estimate of drug-likeness (QED) is 0.242. The standard InChI is InChI=1S/C25H30N4O3S/c1-18-9-4-5-10-19(18)14-15-27-23(31)17-33-25-28-21-12-7-6-11-20(21)24(32)29(25)16-8-2-3-13-22(26)30/h4-7,9-12H,2-3,8,13-17H2,1H3,(H2,26,30)(H,27,31). The lowest BCUT2D eigenvalue weighted by Gasteiger charge is -2.13. The molecular formula is C25H30N4O3S. The van der Waals surface area contributed by atoms with Crippen molar-refractivity contribution in [3.8, 4) is 0 Å². The molecule has 0 saturated carbocycles. The number of amides is 2. The molecule has 0 unspecified atom stereocenters. The van der Waals surface area contributed by atoms with Gasteiger partial charge in [-0.1, -0.05) is 54.6 Å². The zero-order valence-corrected chi connectivity index (χ0v) is 19.7. The van der Waals surface area contributed by atoms with Gasteiger partial charge in [-0.05, 0) is 49.4 Å². The van der Waals surface area contributed by atoms with Crippen LogP contribution in [0.15, 0.2) is 58.5 Å². The Bertz CT molecular complexity index is 1180. The fourth-order valence-corrected chi connectivity index (χ4v) is 4.46. The van der Waals surface area contributed by atoms with Crippen LogP contribution in [0.4, 0.5) is 0 Å². The van der Waals surface area contributed by atoms with Crippen molar-refractivity contribution in [1.29, 1.82) is 0 Å². The maximum absolute atomic E-state index is 13.1. The molecule has 174 valence electrons. The van der Waals surface area contributed by atoms with E-state index in [0.29, 0.717) is 42.0 Å². The summed E-state index contributed by atoms with van der Waals surface area (Å²) in [6.07, 6.45) is 3.31. The first kappa shape index (κ1) is 24.5. The average Bonchev–Trinajstić information content (AvgIpc) is 2.80. The Morgan fingerprint density at radius 1 is 1.06 bits per heavy atom. The van der Waals surface area contributed by atoms with Crippen molar-refractivity contribution in [2.75, 3.05) is 12.3 Å². The highest BCUT2D eigenvalue weighted by molar-refractivity contribution is 7.99. The van der Waals surface area contributed by atoms with Crippen molar-refractivity contribution in [2.24, 2.45) is 5.73 Å². The summed E-state index contributed by atoms with van der Waals surface area (Å²) >= 11 is 1.27. The number of aryl methyl sites for hydroxylation is 1. The van der Waals surface area contributed by atoms with Gasteiger partial charge in [-0.15, -0.1) is 0 Å². The lowest BCUT2D eigenvalue weighted by atomic mass is 10.1. The van der Waals surface area contributed by atoms with Gasteiger partial charge in [0, 0.05) is 19.5 Å². The van der Waals surface area contributed by atoms with Crippen molar-refractivity contribution < 1.29 is 9.59 Å². The summed E-state index contributed by atoms with van der Waals surface area (Å²) in [5.41, 5.74) is 8.13. The molecule has 1 heterocycles. The van der Waals surface area contributed by atoms with E-state index in [1.54, 1.807) is 16.7 Å². The summed E-state index contributed by atoms with van der Waals surface area (Å²) in [7, 11) is 0. The van der Waals surface area contributed by atoms with E-state index < -0.39 is 0 Å². The number of benzene rings is 2. The number of carbonyl (C=O) groups excluding carboxylic acids is 2. The predicted molar refractivity (Wildman–Crippen MR) is 132 cm³/mol. The lowest BCUT2D eigenvalue weighted by molar-refractivity contribution is -0.119. The number of rotatable bonds is 12. The van der Waals surface area contributed by atoms with Gasteiger partial charge in [-0.3, -0.25) is 19.0 Å². The zero-order chi connectivity index (χ0) is 23.6. The highest BCUT2D eigenvalue weighted by Crippen LogP contribution is 2.18. The van der Waals surface area contributed by atoms with Gasteiger partial charge in [0.1, 0.15) is 0 Å². The molecule has 0 aliphatic heterocycles. The van der Waals surface area contributed by atoms with E-state index in [1.165, 1.54) is 22.9 Å². The minimum atomic E-state index is -0.316. The number of carbonyl (C=O) groups is 2. The largest absolute Gasteiger partial charge is 0.370 e. The summed E-state index contributed by atoms with van der Waals surface area (Å²) in [4.78, 5) is 41.1. The number of nitrogens with one attached hydrogen (secondary N) is 1. The van der Waals surface area contributed by atoms with Crippen LogP contribution in [0, 0.1) is 6.92 Å². The van der Waals surface area contributed by atoms with Gasteiger partial charge < -0.3 is 11.1 Å². The maximum atomic E-state index is 13.1. The second-order valence-corrected chi connectivity index (χ2v) is 8.90. The number of hydrogen-bond donors (Lipinski definition) is 2. The molecule has 0 aliphatic rings. The number of nitrogens with zero attached hydrogens (tertiary/aromatic N) is 2. The molecule has 2 amide bonds. The molecule has 0 saturated heterocycles. The van der Waals surface area contributed by atoms with Crippen LogP contribution in [0.2, 0.25) is 0 Å². The van der Waals surface area contributed by atoms with E-state index >= 15 is 0 Å². The van der Waals surface area contributed by atoms with Crippen LogP contribution >= 0.6 is 11.8 Å². The monoisotopic (exact) mass is 466 g/mol. The molecule has 3 N–H and O–H groups in total. The molecule has 33 heavy (non-hydrogen) atoms. The summed E-state index contributed by atoms with van der Waals surface area (Å²) < 4.78 is 1.64. The fraction of sp³-hybridized carbons (Fsp3) is 0.360. The molecule has 2 aromatic carbocycles. The Morgan fingerprint density at radius 2 is 1.82 bits per heavy atom. The van der Waals surface area contributed by atoms with Crippen LogP contribution in [0.3, 0.4) is 0 Å². The molecule has 0 aliphatic carbocycles. The summed E-state index contributed by atoms with van der Waals surface area (Å²) in [5.74, 6) is -0.228. The third kappa shape index (κ3) is 7.18. The van der Waals surface area contributed by atoms with Gasteiger partial charge >= 0.3 is 0 Å². The minimum absolute atomic E-state index is 0.0935. The maximum Gasteiger partial charge on any atom is 0.262 e. The number of unbranched alkanes of at least 4 members (excludes halogenated alkanes) is 2. The summed E-state index contributed by atoms with van der Waals surface area (Å²) in [6, 6.07) is 15.4. The highest BCUT2D eigenvalue weighted by atomic mass is 32.2. The molecule has 3 rings (SSSR count). The second kappa shape index (κ2) is 12.2. The van der Waals surface area contributed by atoms with E-state index in [4.69, 9.17) is 5.73 Å². The van der Waals surface area contributed by atoms with Crippen molar-refractivity contribution in [3.63, 3.8) is 0 Å². The molecule has 0 bridgehead atoms. The smallest absolute Gasteiger partial charge is 0.262 e. The van der Waals surface area contributed by atoms with E-state index in [0.717, 1.165) is 19.3 Å². The van der Waals surface area contributed by atoms with E-state index in [1.807, 2.05) is 24.3 Å². The predicted octanol–water partition coefficient (Wildman–Crippen LogP) is 3.20. The third-order valence-corrected chi connectivity index (χ3v) is 6.42. The minimum Gasteiger partial charge on any atom is -0.370 e. The van der Waals surface area contributed by atoms with Crippen LogP contribution < -0.4 is 16.6 Å². The summed E-state index contributed by atoms with van der Waals surface area (Å²) in [6.45, 7) is 3.10. The second-order valence-electron chi connectivity index (χ2n) is 7.96. The van der Waals surface area contributed by atoms with Gasteiger partial charge in [-0.25, -0.2) is 4.98 Å². The number of thioether (sulfide) groups is 1. The number of para-hydroxylation sites is 1. The van der Waals surface area contributed by atoms with E-state index in [2.05, 4.69) is 29.4 Å². The number of fused-ring (bicyclic) bond motifs is 1. The van der Waals surface area contributed by atoms with E-state index in [-0.39, 0.29) is 23.1 Å². The third-order valence-electron chi connectivity index (χ3n) is 5.44. The van der Waals surface area contributed by atoms with Gasteiger partial charge in [0.15, 0.2) is 5.16 Å². The Kier molecular flexibility index (Phi) is 9.06. The first-order valence-corrected chi connectivity index (χ1v) is 12.2. The molecule has 0 atom stereocenters. The van der Waals surface area contributed by atoms with E-state index in [9.17, 15) is 14.4 Å². The lowest BCUT2D eigenvalue weighted by Crippen LogP contribution is -2.28. The first-order chi connectivity index (χ1) is 16.0. The number of nitrogens with two attached hydrogens (primary N) is 1. The van der Waals surface area contributed by atoms with Gasteiger partial charge in [0.2, 0.25) is 11.8 Å². The molecule has 1 aromatic heterocycles. The number of aromatic nitrogens is 2. The SMILES string of the molecule is Cc1ccccc1CCNC(=O)CSc1nc2ccccc2c(=O)n1CCCCCC(N)=O. The Labute approximate surface area is 197 Å². The first-order valence-electron chi connectivity index (χ1n) is 11.2. The fourth-order valence-electron chi connectivity index (χ4n) is 3.61. The van der Waals surface area contributed by atoms with Crippen molar-refractivity contribution in [2.45, 2.75) is 50.7 Å². The Hall–Kier alpha value is -3.13. The zero-order valence-electron chi connectivity index (χ0n) is 18.9. The topological polar surface area (TPSA) is 107 Å². The van der Waals surface area contributed by atoms with Gasteiger partial charge in [0.25, 0.3) is 5.56 Å². The molecule has 0 fully saturated rings. The molecule has 7 nitrogen and oxygen atoms in total. The highest BCUT2D eigenvalue weighted by Gasteiger charge is 2.13. The van der Waals surface area contributed by atoms with Gasteiger partial charge in [0.05, 0.1) is 16.7 Å². The molecule has 3 aromatic rings. The Morgan fingerprint density at radius 3 is 2.61 bits per heavy atom. The van der Waals surface area contributed by atoms with Crippen LogP contribution in [0.25, 0.3) is 10.9 Å². The van der Waals surface area contributed by atoms with Gasteiger partial charge in [-0.2, -0.15) is 0 Å². The average molecular weight is 467 g/mol. The molecule has 8 heteroatoms. The molecule has 0 radical (unpaired) electrons. The van der Waals surface area contributed by atoms with Crippen molar-refractivity contribution >= 4 is 34.5 Å². The van der Waals surface area contributed by atoms with Crippen molar-refractivity contribution in [1.82, 2.24) is 14.9 Å². The normalized spacial score (nSPS) is 10.9. The molecular weight excluding hydrogens is 436 g/mol. The van der Waals surface area contributed by atoms with Crippen LogP contribution in [-0.2, 0) is 22.6 Å². The molecule has 0 spiro atoms. The number of primary amides is 1. The van der Waals surface area contributed by atoms with Crippen LogP contribution in [0.1, 0.15) is 36.8 Å².